The van der Waals surface area contributed by atoms with Gasteiger partial charge in [0.05, 0.1) is 11.7 Å². The Morgan fingerprint density at radius 1 is 1.25 bits per heavy atom. The molecule has 104 valence electrons. The number of benzene rings is 1. The molecule has 0 unspecified atom stereocenters. The Kier molecular flexibility index (Phi) is 3.18. The first kappa shape index (κ1) is 12.7. The molecule has 3 rings (SSSR count). The second-order valence-corrected chi connectivity index (χ2v) is 5.31. The maximum Gasteiger partial charge on any atom is 0.257 e. The highest BCUT2D eigenvalue weighted by Crippen LogP contribution is 2.38. The van der Waals surface area contributed by atoms with Gasteiger partial charge in [-0.1, -0.05) is 43.2 Å². The van der Waals surface area contributed by atoms with Gasteiger partial charge in [0, 0.05) is 0 Å². The molecule has 0 saturated heterocycles. The minimum atomic E-state index is -0.276. The number of rotatable bonds is 3. The summed E-state index contributed by atoms with van der Waals surface area (Å²) in [4.78, 5) is 12.4. The minimum Gasteiger partial charge on any atom is -0.383 e. The van der Waals surface area contributed by atoms with Crippen molar-refractivity contribution in [1.82, 2.24) is 15.5 Å². The third-order valence-electron chi connectivity index (χ3n) is 4.05. The van der Waals surface area contributed by atoms with Crippen LogP contribution in [-0.4, -0.2) is 16.1 Å². The number of H-pyrrole nitrogens is 1. The van der Waals surface area contributed by atoms with Gasteiger partial charge in [-0.15, -0.1) is 0 Å². The lowest BCUT2D eigenvalue weighted by molar-refractivity contribution is 0.0899. The van der Waals surface area contributed by atoms with Crippen molar-refractivity contribution in [3.8, 4) is 0 Å². The third kappa shape index (κ3) is 2.15. The summed E-state index contributed by atoms with van der Waals surface area (Å²) in [6.07, 6.45) is 5.63. The summed E-state index contributed by atoms with van der Waals surface area (Å²) < 4.78 is 0. The third-order valence-corrected chi connectivity index (χ3v) is 4.05. The van der Waals surface area contributed by atoms with E-state index in [0.29, 0.717) is 11.4 Å². The van der Waals surface area contributed by atoms with E-state index in [1.165, 1.54) is 6.20 Å². The number of amides is 1. The predicted molar refractivity (Wildman–Crippen MR) is 77.1 cm³/mol. The van der Waals surface area contributed by atoms with E-state index in [1.54, 1.807) is 0 Å². The smallest absolute Gasteiger partial charge is 0.257 e. The van der Waals surface area contributed by atoms with Crippen molar-refractivity contribution in [2.24, 2.45) is 0 Å². The fourth-order valence-electron chi connectivity index (χ4n) is 2.98. The number of nitrogens with one attached hydrogen (secondary N) is 2. The number of carbonyl (C=O) groups is 1. The normalized spacial score (nSPS) is 17.0. The molecule has 0 atom stereocenters. The van der Waals surface area contributed by atoms with Gasteiger partial charge in [-0.05, 0) is 18.4 Å². The van der Waals surface area contributed by atoms with Crippen LogP contribution in [0.15, 0.2) is 36.5 Å². The Balaban J connectivity index is 1.89. The van der Waals surface area contributed by atoms with Crippen LogP contribution in [0.2, 0.25) is 0 Å². The molecule has 0 radical (unpaired) electrons. The number of hydrogen-bond donors (Lipinski definition) is 3. The Labute approximate surface area is 117 Å². The largest absolute Gasteiger partial charge is 0.383 e. The summed E-state index contributed by atoms with van der Waals surface area (Å²) in [5.74, 6) is 0.144. The van der Waals surface area contributed by atoms with E-state index in [1.807, 2.05) is 18.2 Å². The van der Waals surface area contributed by atoms with Gasteiger partial charge in [-0.25, -0.2) is 0 Å². The van der Waals surface area contributed by atoms with Crippen molar-refractivity contribution in [1.29, 1.82) is 0 Å². The predicted octanol–water partition coefficient (Wildman–Crippen LogP) is 2.19. The lowest BCUT2D eigenvalue weighted by Gasteiger charge is -2.31. The number of nitrogens with zero attached hydrogens (tertiary/aromatic N) is 1. The van der Waals surface area contributed by atoms with Crippen LogP contribution in [-0.2, 0) is 5.54 Å². The molecule has 0 spiro atoms. The number of nitrogen functional groups attached to an aromatic ring is 1. The lowest BCUT2D eigenvalue weighted by atomic mass is 9.88. The lowest BCUT2D eigenvalue weighted by Crippen LogP contribution is -2.43. The first-order valence-corrected chi connectivity index (χ1v) is 6.88. The van der Waals surface area contributed by atoms with Crippen LogP contribution in [0.4, 0.5) is 5.82 Å². The molecule has 1 aromatic carbocycles. The summed E-state index contributed by atoms with van der Waals surface area (Å²) in [6.45, 7) is 0. The highest BCUT2D eigenvalue weighted by molar-refractivity contribution is 5.98. The van der Waals surface area contributed by atoms with Gasteiger partial charge in [-0.3, -0.25) is 9.89 Å². The average molecular weight is 270 g/mol. The first-order chi connectivity index (χ1) is 9.71. The van der Waals surface area contributed by atoms with Gasteiger partial charge < -0.3 is 11.1 Å². The Morgan fingerprint density at radius 2 is 1.95 bits per heavy atom. The van der Waals surface area contributed by atoms with Gasteiger partial charge in [-0.2, -0.15) is 5.10 Å². The fraction of sp³-hybridized carbons (Fsp3) is 0.333. The molecule has 5 heteroatoms. The second-order valence-electron chi connectivity index (χ2n) is 5.31. The topological polar surface area (TPSA) is 83.8 Å². The van der Waals surface area contributed by atoms with E-state index in [0.717, 1.165) is 31.2 Å². The molecule has 1 saturated carbocycles. The summed E-state index contributed by atoms with van der Waals surface area (Å²) in [5.41, 5.74) is 7.01. The molecule has 2 aromatic rings. The average Bonchev–Trinajstić information content (AvgIpc) is 3.09. The maximum atomic E-state index is 12.4. The molecule has 0 aliphatic heterocycles. The van der Waals surface area contributed by atoms with E-state index >= 15 is 0 Å². The summed E-state index contributed by atoms with van der Waals surface area (Å²) in [7, 11) is 0. The van der Waals surface area contributed by atoms with Crippen molar-refractivity contribution in [3.63, 3.8) is 0 Å². The molecule has 4 N–H and O–H groups in total. The van der Waals surface area contributed by atoms with E-state index in [2.05, 4.69) is 27.6 Å². The molecule has 0 bridgehead atoms. The first-order valence-electron chi connectivity index (χ1n) is 6.88. The van der Waals surface area contributed by atoms with Gasteiger partial charge >= 0.3 is 0 Å². The van der Waals surface area contributed by atoms with Crippen molar-refractivity contribution in [3.05, 3.63) is 47.7 Å². The van der Waals surface area contributed by atoms with Crippen LogP contribution in [0.25, 0.3) is 0 Å². The van der Waals surface area contributed by atoms with Crippen LogP contribution in [0, 0.1) is 0 Å². The molecular formula is C15H18N4O. The SMILES string of the molecule is Nc1[nH]ncc1C(=O)NC1(c2ccccc2)CCCC1. The Bertz CT molecular complexity index is 599. The van der Waals surface area contributed by atoms with Gasteiger partial charge in [0.1, 0.15) is 11.4 Å². The summed E-state index contributed by atoms with van der Waals surface area (Å²) >= 11 is 0. The van der Waals surface area contributed by atoms with Crippen molar-refractivity contribution < 1.29 is 4.79 Å². The number of anilines is 1. The van der Waals surface area contributed by atoms with Crippen LogP contribution in [0.1, 0.15) is 41.6 Å². The molecule has 1 aliphatic rings. The van der Waals surface area contributed by atoms with Crippen LogP contribution < -0.4 is 11.1 Å². The molecule has 20 heavy (non-hydrogen) atoms. The monoisotopic (exact) mass is 270 g/mol. The van der Waals surface area contributed by atoms with Crippen molar-refractivity contribution in [2.45, 2.75) is 31.2 Å². The maximum absolute atomic E-state index is 12.4. The van der Waals surface area contributed by atoms with Crippen molar-refractivity contribution in [2.75, 3.05) is 5.73 Å². The highest BCUT2D eigenvalue weighted by atomic mass is 16.1. The van der Waals surface area contributed by atoms with Crippen LogP contribution in [0.5, 0.6) is 0 Å². The second kappa shape index (κ2) is 5.00. The van der Waals surface area contributed by atoms with Crippen LogP contribution in [0.3, 0.4) is 0 Å². The fourth-order valence-corrected chi connectivity index (χ4v) is 2.98. The zero-order valence-corrected chi connectivity index (χ0v) is 11.2. The number of hydrogen-bond acceptors (Lipinski definition) is 3. The number of carbonyl (C=O) groups excluding carboxylic acids is 1. The van der Waals surface area contributed by atoms with Gasteiger partial charge in [0.15, 0.2) is 0 Å². The quantitative estimate of drug-likeness (QED) is 0.799. The molecule has 5 nitrogen and oxygen atoms in total. The number of aromatic amines is 1. The standard InChI is InChI=1S/C15H18N4O/c16-13-12(10-17-19-13)14(20)18-15(8-4-5-9-15)11-6-2-1-3-7-11/h1-3,6-7,10H,4-5,8-9H2,(H,18,20)(H3,16,17,19). The summed E-state index contributed by atoms with van der Waals surface area (Å²) in [6, 6.07) is 10.2. The molecule has 1 aliphatic carbocycles. The molecule has 1 amide bonds. The van der Waals surface area contributed by atoms with Crippen molar-refractivity contribution >= 4 is 11.7 Å². The molecule has 1 fully saturated rings. The Hall–Kier alpha value is -2.30. The van der Waals surface area contributed by atoms with Gasteiger partial charge in [0.25, 0.3) is 5.91 Å². The minimum absolute atomic E-state index is 0.165. The van der Waals surface area contributed by atoms with E-state index in [9.17, 15) is 4.79 Å². The summed E-state index contributed by atoms with van der Waals surface area (Å²) in [5, 5.41) is 9.57. The van der Waals surface area contributed by atoms with Gasteiger partial charge in [0.2, 0.25) is 0 Å². The van der Waals surface area contributed by atoms with E-state index < -0.39 is 0 Å². The zero-order chi connectivity index (χ0) is 14.0. The Morgan fingerprint density at radius 3 is 2.55 bits per heavy atom. The molecule has 1 aromatic heterocycles. The number of nitrogens with two attached hydrogens (primary N) is 1. The van der Waals surface area contributed by atoms with E-state index in [-0.39, 0.29) is 11.4 Å². The van der Waals surface area contributed by atoms with Crippen LogP contribution >= 0.6 is 0 Å². The molecular weight excluding hydrogens is 252 g/mol. The van der Waals surface area contributed by atoms with E-state index in [4.69, 9.17) is 5.73 Å². The highest BCUT2D eigenvalue weighted by Gasteiger charge is 2.37. The zero-order valence-electron chi connectivity index (χ0n) is 11.2. The molecule has 1 heterocycles. The number of aromatic nitrogens is 2.